The van der Waals surface area contributed by atoms with Gasteiger partial charge in [-0.05, 0) is 30.2 Å². The number of amides is 1. The third kappa shape index (κ3) is 2.79. The summed E-state index contributed by atoms with van der Waals surface area (Å²) in [6, 6.07) is 4.89. The molecule has 1 fully saturated rings. The first kappa shape index (κ1) is 16.1. The zero-order valence-electron chi connectivity index (χ0n) is 13.5. The van der Waals surface area contributed by atoms with Gasteiger partial charge in [0.1, 0.15) is 5.75 Å². The Bertz CT molecular complexity index is 937. The molecule has 2 N–H and O–H groups in total. The second kappa shape index (κ2) is 5.85. The van der Waals surface area contributed by atoms with Gasteiger partial charge in [0, 0.05) is 25.7 Å². The minimum atomic E-state index is -3.57. The molecule has 25 heavy (non-hydrogen) atoms. The van der Waals surface area contributed by atoms with E-state index in [1.807, 2.05) is 0 Å². The Morgan fingerprint density at radius 3 is 2.96 bits per heavy atom. The molecule has 1 aromatic carbocycles. The first-order valence-electron chi connectivity index (χ1n) is 8.05. The van der Waals surface area contributed by atoms with Crippen molar-refractivity contribution in [1.82, 2.24) is 14.1 Å². The number of aromatic nitrogens is 2. The van der Waals surface area contributed by atoms with Crippen LogP contribution in [0.2, 0.25) is 0 Å². The van der Waals surface area contributed by atoms with Crippen molar-refractivity contribution < 1.29 is 17.9 Å². The summed E-state index contributed by atoms with van der Waals surface area (Å²) in [5, 5.41) is 4.13. The lowest BCUT2D eigenvalue weighted by Crippen LogP contribution is -2.29. The number of nitrogens with two attached hydrogens (primary N) is 1. The van der Waals surface area contributed by atoms with Crippen molar-refractivity contribution in [2.75, 3.05) is 19.7 Å². The van der Waals surface area contributed by atoms with Crippen LogP contribution in [0.3, 0.4) is 0 Å². The molecule has 4 rings (SSSR count). The molecule has 0 bridgehead atoms. The van der Waals surface area contributed by atoms with Gasteiger partial charge in [0.15, 0.2) is 0 Å². The monoisotopic (exact) mass is 362 g/mol. The van der Waals surface area contributed by atoms with Crippen LogP contribution in [0.4, 0.5) is 0 Å². The van der Waals surface area contributed by atoms with E-state index in [9.17, 15) is 13.2 Å². The summed E-state index contributed by atoms with van der Waals surface area (Å²) in [4.78, 5) is 11.5. The van der Waals surface area contributed by atoms with E-state index in [0.717, 1.165) is 17.7 Å². The number of hydrogen-bond donors (Lipinski definition) is 1. The van der Waals surface area contributed by atoms with Gasteiger partial charge < -0.3 is 10.5 Å². The third-order valence-corrected chi connectivity index (χ3v) is 6.55. The molecular formula is C16H18N4O4S. The number of hydrogen-bond acceptors (Lipinski definition) is 5. The SMILES string of the molecule is NC(=O)c1cnn(C2CCN(S(=O)(=O)c3ccc4c(c3)CCO4)C2)c1. The zero-order valence-corrected chi connectivity index (χ0v) is 14.3. The Hall–Kier alpha value is -2.39. The Labute approximate surface area is 145 Å². The van der Waals surface area contributed by atoms with Crippen molar-refractivity contribution in [1.29, 1.82) is 0 Å². The van der Waals surface area contributed by atoms with Crippen molar-refractivity contribution in [3.05, 3.63) is 41.7 Å². The predicted molar refractivity (Wildman–Crippen MR) is 88.8 cm³/mol. The lowest BCUT2D eigenvalue weighted by Gasteiger charge is -2.17. The fourth-order valence-corrected chi connectivity index (χ4v) is 4.83. The van der Waals surface area contributed by atoms with E-state index in [-0.39, 0.29) is 10.9 Å². The lowest BCUT2D eigenvalue weighted by molar-refractivity contribution is 0.1000. The van der Waals surface area contributed by atoms with E-state index in [2.05, 4.69) is 5.10 Å². The molecule has 0 spiro atoms. The maximum atomic E-state index is 12.9. The highest BCUT2D eigenvalue weighted by atomic mass is 32.2. The minimum absolute atomic E-state index is 0.111. The second-order valence-corrected chi connectivity index (χ2v) is 8.18. The summed E-state index contributed by atoms with van der Waals surface area (Å²) in [6.45, 7) is 1.31. The van der Waals surface area contributed by atoms with E-state index in [1.165, 1.54) is 10.5 Å². The molecule has 0 saturated carbocycles. The molecule has 1 atom stereocenters. The van der Waals surface area contributed by atoms with Crippen LogP contribution in [0.1, 0.15) is 28.4 Å². The normalized spacial score (nSPS) is 20.4. The number of rotatable bonds is 4. The fraction of sp³-hybridized carbons (Fsp3) is 0.375. The Balaban J connectivity index is 1.55. The predicted octanol–water partition coefficient (Wildman–Crippen LogP) is 0.553. The van der Waals surface area contributed by atoms with E-state index in [0.29, 0.717) is 31.7 Å². The van der Waals surface area contributed by atoms with Crippen molar-refractivity contribution in [2.24, 2.45) is 5.73 Å². The summed E-state index contributed by atoms with van der Waals surface area (Å²) in [5.41, 5.74) is 6.48. The minimum Gasteiger partial charge on any atom is -0.493 e. The van der Waals surface area contributed by atoms with Crippen LogP contribution in [0.5, 0.6) is 5.75 Å². The molecule has 3 heterocycles. The number of carbonyl (C=O) groups excluding carboxylic acids is 1. The summed E-state index contributed by atoms with van der Waals surface area (Å²) < 4.78 is 34.3. The Morgan fingerprint density at radius 1 is 1.36 bits per heavy atom. The maximum absolute atomic E-state index is 12.9. The number of nitrogens with zero attached hydrogens (tertiary/aromatic N) is 3. The lowest BCUT2D eigenvalue weighted by atomic mass is 10.2. The quantitative estimate of drug-likeness (QED) is 0.855. The van der Waals surface area contributed by atoms with Crippen molar-refractivity contribution in [3.63, 3.8) is 0 Å². The highest BCUT2D eigenvalue weighted by Gasteiger charge is 2.34. The molecule has 2 aliphatic rings. The van der Waals surface area contributed by atoms with Gasteiger partial charge in [-0.3, -0.25) is 9.48 Å². The van der Waals surface area contributed by atoms with Crippen LogP contribution in [0.15, 0.2) is 35.5 Å². The average molecular weight is 362 g/mol. The van der Waals surface area contributed by atoms with Gasteiger partial charge >= 0.3 is 0 Å². The fourth-order valence-electron chi connectivity index (χ4n) is 3.28. The van der Waals surface area contributed by atoms with Crippen LogP contribution in [0, 0.1) is 0 Å². The zero-order chi connectivity index (χ0) is 17.6. The molecule has 8 nitrogen and oxygen atoms in total. The van der Waals surface area contributed by atoms with Gasteiger partial charge in [0.25, 0.3) is 5.91 Å². The Kier molecular flexibility index (Phi) is 3.77. The largest absolute Gasteiger partial charge is 0.493 e. The first-order chi connectivity index (χ1) is 11.9. The number of ether oxygens (including phenoxy) is 1. The highest BCUT2D eigenvalue weighted by Crippen LogP contribution is 2.31. The highest BCUT2D eigenvalue weighted by molar-refractivity contribution is 7.89. The maximum Gasteiger partial charge on any atom is 0.251 e. The summed E-state index contributed by atoms with van der Waals surface area (Å²) >= 11 is 0. The molecular weight excluding hydrogens is 344 g/mol. The molecule has 9 heteroatoms. The summed E-state index contributed by atoms with van der Waals surface area (Å²) in [5.74, 6) is 0.211. The number of carbonyl (C=O) groups is 1. The second-order valence-electron chi connectivity index (χ2n) is 6.25. The van der Waals surface area contributed by atoms with Crippen LogP contribution in [-0.4, -0.2) is 48.1 Å². The van der Waals surface area contributed by atoms with Crippen LogP contribution >= 0.6 is 0 Å². The van der Waals surface area contributed by atoms with Gasteiger partial charge in [-0.25, -0.2) is 8.42 Å². The standard InChI is InChI=1S/C16H18N4O4S/c17-16(21)12-8-18-20(9-12)13-3-5-19(10-13)25(22,23)14-1-2-15-11(7-14)4-6-24-15/h1-2,7-9,13H,3-6,10H2,(H2,17,21). The van der Waals surface area contributed by atoms with E-state index < -0.39 is 15.9 Å². The van der Waals surface area contributed by atoms with Crippen molar-refractivity contribution in [2.45, 2.75) is 23.8 Å². The van der Waals surface area contributed by atoms with Gasteiger partial charge in [0.05, 0.1) is 29.3 Å². The molecule has 1 aromatic heterocycles. The van der Waals surface area contributed by atoms with E-state index >= 15 is 0 Å². The van der Waals surface area contributed by atoms with Gasteiger partial charge in [-0.1, -0.05) is 0 Å². The summed E-state index contributed by atoms with van der Waals surface area (Å²) in [7, 11) is -3.57. The molecule has 132 valence electrons. The number of sulfonamides is 1. The van der Waals surface area contributed by atoms with E-state index in [4.69, 9.17) is 10.5 Å². The van der Waals surface area contributed by atoms with Gasteiger partial charge in [-0.2, -0.15) is 9.40 Å². The van der Waals surface area contributed by atoms with Crippen molar-refractivity contribution in [3.8, 4) is 5.75 Å². The smallest absolute Gasteiger partial charge is 0.251 e. The van der Waals surface area contributed by atoms with Crippen LogP contribution < -0.4 is 10.5 Å². The molecule has 0 radical (unpaired) electrons. The molecule has 2 aliphatic heterocycles. The number of fused-ring (bicyclic) bond motifs is 1. The average Bonchev–Trinajstić information content (AvgIpc) is 3.32. The van der Waals surface area contributed by atoms with Gasteiger partial charge in [0.2, 0.25) is 10.0 Å². The number of primary amides is 1. The van der Waals surface area contributed by atoms with E-state index in [1.54, 1.807) is 29.1 Å². The molecule has 2 aromatic rings. The first-order valence-corrected chi connectivity index (χ1v) is 9.49. The number of benzene rings is 1. The third-order valence-electron chi connectivity index (χ3n) is 4.68. The summed E-state index contributed by atoms with van der Waals surface area (Å²) in [6.07, 6.45) is 4.33. The van der Waals surface area contributed by atoms with Crippen LogP contribution in [-0.2, 0) is 16.4 Å². The Morgan fingerprint density at radius 2 is 2.20 bits per heavy atom. The van der Waals surface area contributed by atoms with Crippen LogP contribution in [0.25, 0.3) is 0 Å². The topological polar surface area (TPSA) is 108 Å². The molecule has 1 saturated heterocycles. The molecule has 0 aliphatic carbocycles. The van der Waals surface area contributed by atoms with Crippen molar-refractivity contribution >= 4 is 15.9 Å². The molecule has 1 amide bonds. The van der Waals surface area contributed by atoms with Gasteiger partial charge in [-0.15, -0.1) is 0 Å². The molecule has 1 unspecified atom stereocenters.